The van der Waals surface area contributed by atoms with Crippen LogP contribution in [0.4, 0.5) is 0 Å². The SMILES string of the molecule is CCNC(=NCc1cn[nH]c1C)N1CCSC(C(C)C)C1. The fraction of sp³-hybridized carbons (Fsp3) is 0.733. The zero-order valence-electron chi connectivity index (χ0n) is 13.5. The Kier molecular flexibility index (Phi) is 5.96. The molecule has 0 spiro atoms. The number of aromatic amines is 1. The van der Waals surface area contributed by atoms with Crippen LogP contribution in [0.3, 0.4) is 0 Å². The third-order valence-electron chi connectivity index (χ3n) is 3.80. The molecule has 1 saturated heterocycles. The number of aryl methyl sites for hydroxylation is 1. The average molecular weight is 309 g/mol. The van der Waals surface area contributed by atoms with Gasteiger partial charge in [0.2, 0.25) is 0 Å². The highest BCUT2D eigenvalue weighted by molar-refractivity contribution is 8.00. The molecule has 0 radical (unpaired) electrons. The van der Waals surface area contributed by atoms with Crippen LogP contribution >= 0.6 is 11.8 Å². The summed E-state index contributed by atoms with van der Waals surface area (Å²) < 4.78 is 0. The molecule has 118 valence electrons. The van der Waals surface area contributed by atoms with E-state index in [-0.39, 0.29) is 0 Å². The van der Waals surface area contributed by atoms with Crippen LogP contribution in [0.25, 0.3) is 0 Å². The van der Waals surface area contributed by atoms with Crippen LogP contribution in [-0.4, -0.2) is 51.7 Å². The number of guanidine groups is 1. The Morgan fingerprint density at radius 1 is 1.62 bits per heavy atom. The van der Waals surface area contributed by atoms with Crippen molar-refractivity contribution < 1.29 is 0 Å². The van der Waals surface area contributed by atoms with Gasteiger partial charge in [-0.05, 0) is 19.8 Å². The van der Waals surface area contributed by atoms with Crippen LogP contribution in [0.1, 0.15) is 32.0 Å². The second kappa shape index (κ2) is 7.73. The van der Waals surface area contributed by atoms with Crippen molar-refractivity contribution in [3.63, 3.8) is 0 Å². The Bertz CT molecular complexity index is 468. The lowest BCUT2D eigenvalue weighted by atomic mass is 10.1. The smallest absolute Gasteiger partial charge is 0.194 e. The van der Waals surface area contributed by atoms with Crippen LogP contribution in [0.5, 0.6) is 0 Å². The topological polar surface area (TPSA) is 56.3 Å². The lowest BCUT2D eigenvalue weighted by molar-refractivity contribution is 0.381. The molecule has 5 nitrogen and oxygen atoms in total. The minimum Gasteiger partial charge on any atom is -0.357 e. The van der Waals surface area contributed by atoms with Gasteiger partial charge in [-0.2, -0.15) is 16.9 Å². The third-order valence-corrected chi connectivity index (χ3v) is 5.34. The van der Waals surface area contributed by atoms with E-state index >= 15 is 0 Å². The van der Waals surface area contributed by atoms with E-state index < -0.39 is 0 Å². The molecule has 1 aromatic heterocycles. The highest BCUT2D eigenvalue weighted by Gasteiger charge is 2.24. The molecule has 1 aromatic rings. The molecule has 0 saturated carbocycles. The number of aromatic nitrogens is 2. The maximum atomic E-state index is 4.80. The van der Waals surface area contributed by atoms with Crippen molar-refractivity contribution >= 4 is 17.7 Å². The van der Waals surface area contributed by atoms with Crippen molar-refractivity contribution in [2.45, 2.75) is 39.5 Å². The van der Waals surface area contributed by atoms with E-state index in [1.165, 1.54) is 5.75 Å². The van der Waals surface area contributed by atoms with Crippen molar-refractivity contribution in [1.82, 2.24) is 20.4 Å². The van der Waals surface area contributed by atoms with E-state index in [9.17, 15) is 0 Å². The molecule has 2 rings (SSSR count). The minimum atomic E-state index is 0.681. The predicted octanol–water partition coefficient (Wildman–Crippen LogP) is 2.26. The fourth-order valence-electron chi connectivity index (χ4n) is 2.39. The molecule has 0 amide bonds. The van der Waals surface area contributed by atoms with E-state index in [2.05, 4.69) is 52.9 Å². The second-order valence-corrected chi connectivity index (χ2v) is 7.14. The van der Waals surface area contributed by atoms with Crippen molar-refractivity contribution in [3.05, 3.63) is 17.5 Å². The van der Waals surface area contributed by atoms with Gasteiger partial charge in [-0.1, -0.05) is 13.8 Å². The van der Waals surface area contributed by atoms with Gasteiger partial charge in [0.25, 0.3) is 0 Å². The maximum absolute atomic E-state index is 4.80. The largest absolute Gasteiger partial charge is 0.357 e. The third kappa shape index (κ3) is 4.40. The van der Waals surface area contributed by atoms with E-state index in [1.54, 1.807) is 0 Å². The van der Waals surface area contributed by atoms with Gasteiger partial charge in [0.15, 0.2) is 5.96 Å². The Labute approximate surface area is 132 Å². The van der Waals surface area contributed by atoms with Crippen molar-refractivity contribution in [3.8, 4) is 0 Å². The highest BCUT2D eigenvalue weighted by Crippen LogP contribution is 2.24. The summed E-state index contributed by atoms with van der Waals surface area (Å²) in [5, 5.41) is 11.2. The van der Waals surface area contributed by atoms with Crippen LogP contribution in [0, 0.1) is 12.8 Å². The van der Waals surface area contributed by atoms with Gasteiger partial charge < -0.3 is 10.2 Å². The molecule has 6 heteroatoms. The molecular formula is C15H27N5S. The number of H-pyrrole nitrogens is 1. The summed E-state index contributed by atoms with van der Waals surface area (Å²) in [5.41, 5.74) is 2.26. The monoisotopic (exact) mass is 309 g/mol. The molecule has 21 heavy (non-hydrogen) atoms. The van der Waals surface area contributed by atoms with Gasteiger partial charge in [-0.15, -0.1) is 0 Å². The van der Waals surface area contributed by atoms with Gasteiger partial charge in [0, 0.05) is 41.9 Å². The Balaban J connectivity index is 2.05. The first kappa shape index (κ1) is 16.2. The molecule has 0 aliphatic carbocycles. The summed E-state index contributed by atoms with van der Waals surface area (Å²) in [6.07, 6.45) is 1.87. The number of thioether (sulfide) groups is 1. The molecular weight excluding hydrogens is 282 g/mol. The number of aliphatic imine (C=N–C) groups is 1. The van der Waals surface area contributed by atoms with Gasteiger partial charge >= 0.3 is 0 Å². The lowest BCUT2D eigenvalue weighted by Crippen LogP contribution is -2.49. The first-order chi connectivity index (χ1) is 10.1. The van der Waals surface area contributed by atoms with Crippen molar-refractivity contribution in [1.29, 1.82) is 0 Å². The number of hydrogen-bond donors (Lipinski definition) is 2. The molecule has 1 fully saturated rings. The lowest BCUT2D eigenvalue weighted by Gasteiger charge is -2.36. The van der Waals surface area contributed by atoms with E-state index in [0.29, 0.717) is 17.7 Å². The van der Waals surface area contributed by atoms with Crippen LogP contribution in [0.2, 0.25) is 0 Å². The van der Waals surface area contributed by atoms with Gasteiger partial charge in [0.05, 0.1) is 12.7 Å². The molecule has 1 atom stereocenters. The Hall–Kier alpha value is -1.17. The van der Waals surface area contributed by atoms with Crippen LogP contribution in [0.15, 0.2) is 11.2 Å². The first-order valence-corrected chi connectivity index (χ1v) is 8.80. The van der Waals surface area contributed by atoms with E-state index in [1.807, 2.05) is 13.1 Å². The van der Waals surface area contributed by atoms with Crippen LogP contribution < -0.4 is 5.32 Å². The molecule has 2 N–H and O–H groups in total. The molecule has 1 unspecified atom stereocenters. The zero-order chi connectivity index (χ0) is 15.2. The fourth-order valence-corrected chi connectivity index (χ4v) is 3.69. The number of rotatable bonds is 4. The van der Waals surface area contributed by atoms with Crippen molar-refractivity contribution in [2.24, 2.45) is 10.9 Å². The summed E-state index contributed by atoms with van der Waals surface area (Å²) >= 11 is 2.09. The molecule has 0 aromatic carbocycles. The van der Waals surface area contributed by atoms with Gasteiger partial charge in [-0.25, -0.2) is 4.99 Å². The van der Waals surface area contributed by atoms with Gasteiger partial charge in [0.1, 0.15) is 0 Å². The van der Waals surface area contributed by atoms with E-state index in [4.69, 9.17) is 4.99 Å². The first-order valence-electron chi connectivity index (χ1n) is 7.75. The second-order valence-electron chi connectivity index (χ2n) is 5.79. The highest BCUT2D eigenvalue weighted by atomic mass is 32.2. The molecule has 1 aliphatic heterocycles. The predicted molar refractivity (Wildman–Crippen MR) is 90.8 cm³/mol. The number of nitrogens with one attached hydrogen (secondary N) is 2. The summed E-state index contributed by atoms with van der Waals surface area (Å²) in [4.78, 5) is 7.20. The quantitative estimate of drug-likeness (QED) is 0.662. The van der Waals surface area contributed by atoms with Crippen LogP contribution in [-0.2, 0) is 6.54 Å². The maximum Gasteiger partial charge on any atom is 0.194 e. The number of nitrogens with zero attached hydrogens (tertiary/aromatic N) is 3. The number of hydrogen-bond acceptors (Lipinski definition) is 3. The van der Waals surface area contributed by atoms with Crippen molar-refractivity contribution in [2.75, 3.05) is 25.4 Å². The van der Waals surface area contributed by atoms with Gasteiger partial charge in [-0.3, -0.25) is 5.10 Å². The zero-order valence-corrected chi connectivity index (χ0v) is 14.3. The summed E-state index contributed by atoms with van der Waals surface area (Å²) in [5.74, 6) is 2.92. The normalized spacial score (nSPS) is 20.1. The molecule has 0 bridgehead atoms. The molecule has 1 aliphatic rings. The Morgan fingerprint density at radius 3 is 3.05 bits per heavy atom. The average Bonchev–Trinajstić information content (AvgIpc) is 2.89. The summed E-state index contributed by atoms with van der Waals surface area (Å²) in [6, 6.07) is 0. The molecule has 2 heterocycles. The minimum absolute atomic E-state index is 0.681. The Morgan fingerprint density at radius 2 is 2.43 bits per heavy atom. The summed E-state index contributed by atoms with van der Waals surface area (Å²) in [7, 11) is 0. The summed E-state index contributed by atoms with van der Waals surface area (Å²) in [6.45, 7) is 12.5. The van der Waals surface area contributed by atoms with E-state index in [0.717, 1.165) is 36.9 Å². The standard InChI is InChI=1S/C15H27N5S/c1-5-16-15(17-8-13-9-18-19-12(13)4)20-6-7-21-14(10-20)11(2)3/h9,11,14H,5-8,10H2,1-4H3,(H,16,17)(H,18,19).